The van der Waals surface area contributed by atoms with Crippen molar-refractivity contribution in [2.24, 2.45) is 0 Å². The summed E-state index contributed by atoms with van der Waals surface area (Å²) >= 11 is 1.71. The monoisotopic (exact) mass is 223 g/mol. The molecule has 0 spiro atoms. The molecule has 2 heterocycles. The number of rotatable bonds is 4. The van der Waals surface area contributed by atoms with E-state index < -0.39 is 0 Å². The lowest BCUT2D eigenvalue weighted by Crippen LogP contribution is -2.18. The van der Waals surface area contributed by atoms with Gasteiger partial charge >= 0.3 is 0 Å². The van der Waals surface area contributed by atoms with Crippen molar-refractivity contribution in [2.45, 2.75) is 19.5 Å². The lowest BCUT2D eigenvalue weighted by molar-refractivity contribution is 0.542. The van der Waals surface area contributed by atoms with Crippen molar-refractivity contribution in [3.8, 4) is 0 Å². The molecule has 6 heteroatoms. The Morgan fingerprint density at radius 3 is 3.13 bits per heavy atom. The summed E-state index contributed by atoms with van der Waals surface area (Å²) in [6.45, 7) is 2.78. The highest BCUT2D eigenvalue weighted by atomic mass is 32.1. The zero-order valence-electron chi connectivity index (χ0n) is 8.71. The number of nitrogens with zero attached hydrogens (tertiary/aromatic N) is 4. The minimum absolute atomic E-state index is 0.167. The predicted molar refractivity (Wildman–Crippen MR) is 58.7 cm³/mol. The second kappa shape index (κ2) is 4.50. The number of aromatic nitrogens is 4. The first-order valence-electron chi connectivity index (χ1n) is 4.77. The van der Waals surface area contributed by atoms with Gasteiger partial charge < -0.3 is 5.32 Å². The van der Waals surface area contributed by atoms with Crippen LogP contribution in [-0.4, -0.2) is 27.3 Å². The standard InChI is InChI=1S/C9H13N5S/c1-7(10-2)9-11-12-13-14(9)6-8-4-3-5-15-8/h3-5,7,10H,6H2,1-2H3. The number of hydrogen-bond donors (Lipinski definition) is 1. The summed E-state index contributed by atoms with van der Waals surface area (Å²) in [6, 6.07) is 4.28. The van der Waals surface area contributed by atoms with Crippen LogP contribution in [0.3, 0.4) is 0 Å². The molecule has 0 aliphatic carbocycles. The Morgan fingerprint density at radius 2 is 2.47 bits per heavy atom. The van der Waals surface area contributed by atoms with Gasteiger partial charge in [0.25, 0.3) is 0 Å². The highest BCUT2D eigenvalue weighted by Gasteiger charge is 2.12. The Kier molecular flexibility index (Phi) is 3.08. The molecule has 0 radical (unpaired) electrons. The molecule has 15 heavy (non-hydrogen) atoms. The number of nitrogens with one attached hydrogen (secondary N) is 1. The molecule has 0 amide bonds. The van der Waals surface area contributed by atoms with E-state index in [2.05, 4.69) is 32.3 Å². The first-order valence-corrected chi connectivity index (χ1v) is 5.65. The Labute approximate surface area is 92.1 Å². The Balaban J connectivity index is 2.18. The topological polar surface area (TPSA) is 55.6 Å². The molecule has 0 saturated carbocycles. The van der Waals surface area contributed by atoms with Crippen LogP contribution in [0.2, 0.25) is 0 Å². The lowest BCUT2D eigenvalue weighted by atomic mass is 10.3. The molecule has 0 saturated heterocycles. The maximum atomic E-state index is 4.01. The van der Waals surface area contributed by atoms with Crippen LogP contribution in [0.4, 0.5) is 0 Å². The first-order chi connectivity index (χ1) is 7.31. The summed E-state index contributed by atoms with van der Waals surface area (Å²) in [6.07, 6.45) is 0. The fourth-order valence-electron chi connectivity index (χ4n) is 1.31. The van der Waals surface area contributed by atoms with Crippen LogP contribution in [0.5, 0.6) is 0 Å². The van der Waals surface area contributed by atoms with Crippen LogP contribution in [0.15, 0.2) is 17.5 Å². The molecule has 0 aliphatic heterocycles. The average molecular weight is 223 g/mol. The maximum absolute atomic E-state index is 4.01. The van der Waals surface area contributed by atoms with E-state index >= 15 is 0 Å². The molecular formula is C9H13N5S. The summed E-state index contributed by atoms with van der Waals surface area (Å²) in [4.78, 5) is 1.26. The van der Waals surface area contributed by atoms with E-state index in [9.17, 15) is 0 Å². The van der Waals surface area contributed by atoms with E-state index in [0.717, 1.165) is 12.4 Å². The van der Waals surface area contributed by atoms with Gasteiger partial charge in [-0.1, -0.05) is 6.07 Å². The van der Waals surface area contributed by atoms with Crippen molar-refractivity contribution in [1.82, 2.24) is 25.5 Å². The van der Waals surface area contributed by atoms with Crippen molar-refractivity contribution in [3.63, 3.8) is 0 Å². The third-order valence-electron chi connectivity index (χ3n) is 2.27. The minimum Gasteiger partial charge on any atom is -0.311 e. The van der Waals surface area contributed by atoms with Gasteiger partial charge in [0.2, 0.25) is 0 Å². The first kappa shape index (κ1) is 10.3. The fourth-order valence-corrected chi connectivity index (χ4v) is 2.00. The zero-order valence-corrected chi connectivity index (χ0v) is 9.53. The van der Waals surface area contributed by atoms with Crippen molar-refractivity contribution in [2.75, 3.05) is 7.05 Å². The molecule has 2 aromatic heterocycles. The van der Waals surface area contributed by atoms with Gasteiger partial charge in [0.1, 0.15) is 0 Å². The summed E-state index contributed by atoms with van der Waals surface area (Å²) in [7, 11) is 1.90. The average Bonchev–Trinajstić information content (AvgIpc) is 2.88. The molecule has 0 fully saturated rings. The smallest absolute Gasteiger partial charge is 0.168 e. The van der Waals surface area contributed by atoms with Gasteiger partial charge in [0, 0.05) is 4.88 Å². The van der Waals surface area contributed by atoms with Gasteiger partial charge in [0.05, 0.1) is 12.6 Å². The van der Waals surface area contributed by atoms with Crippen LogP contribution < -0.4 is 5.32 Å². The fraction of sp³-hybridized carbons (Fsp3) is 0.444. The zero-order chi connectivity index (χ0) is 10.7. The van der Waals surface area contributed by atoms with Crippen LogP contribution in [0.1, 0.15) is 23.7 Å². The van der Waals surface area contributed by atoms with E-state index in [4.69, 9.17) is 0 Å². The molecule has 5 nitrogen and oxygen atoms in total. The molecule has 0 aromatic carbocycles. The van der Waals surface area contributed by atoms with Crippen LogP contribution in [0.25, 0.3) is 0 Å². The van der Waals surface area contributed by atoms with E-state index in [0.29, 0.717) is 0 Å². The van der Waals surface area contributed by atoms with Gasteiger partial charge in [-0.25, -0.2) is 4.68 Å². The van der Waals surface area contributed by atoms with Gasteiger partial charge in [-0.05, 0) is 35.8 Å². The highest BCUT2D eigenvalue weighted by Crippen LogP contribution is 2.13. The van der Waals surface area contributed by atoms with Crippen molar-refractivity contribution in [3.05, 3.63) is 28.2 Å². The molecule has 1 unspecified atom stereocenters. The van der Waals surface area contributed by atoms with E-state index in [-0.39, 0.29) is 6.04 Å². The molecule has 2 rings (SSSR count). The third kappa shape index (κ3) is 2.21. The SMILES string of the molecule is CNC(C)c1nnnn1Cc1cccs1. The van der Waals surface area contributed by atoms with Crippen molar-refractivity contribution < 1.29 is 0 Å². The lowest BCUT2D eigenvalue weighted by Gasteiger charge is -2.09. The molecule has 80 valence electrons. The minimum atomic E-state index is 0.167. The van der Waals surface area contributed by atoms with Crippen molar-refractivity contribution in [1.29, 1.82) is 0 Å². The molecule has 1 atom stereocenters. The molecule has 0 aliphatic rings. The van der Waals surface area contributed by atoms with Crippen LogP contribution in [-0.2, 0) is 6.54 Å². The highest BCUT2D eigenvalue weighted by molar-refractivity contribution is 7.09. The maximum Gasteiger partial charge on any atom is 0.168 e. The quantitative estimate of drug-likeness (QED) is 0.842. The van der Waals surface area contributed by atoms with Gasteiger partial charge in [-0.2, -0.15) is 0 Å². The Hall–Kier alpha value is -1.27. The van der Waals surface area contributed by atoms with E-state index in [1.807, 2.05) is 24.7 Å². The summed E-state index contributed by atoms with van der Waals surface area (Å²) in [5.74, 6) is 0.867. The molecule has 2 aromatic rings. The molecule has 0 bridgehead atoms. The van der Waals surface area contributed by atoms with Crippen molar-refractivity contribution >= 4 is 11.3 Å². The van der Waals surface area contributed by atoms with Gasteiger partial charge in [-0.15, -0.1) is 16.4 Å². The predicted octanol–water partition coefficient (Wildman–Crippen LogP) is 1.06. The molecule has 1 N–H and O–H groups in total. The summed E-state index contributed by atoms with van der Waals surface area (Å²) in [5, 5.41) is 16.9. The van der Waals surface area contributed by atoms with Gasteiger partial charge in [0.15, 0.2) is 5.82 Å². The van der Waals surface area contributed by atoms with Gasteiger partial charge in [-0.3, -0.25) is 0 Å². The Morgan fingerprint density at radius 1 is 1.60 bits per heavy atom. The second-order valence-corrected chi connectivity index (χ2v) is 4.32. The number of thiophene rings is 1. The number of hydrogen-bond acceptors (Lipinski definition) is 5. The largest absolute Gasteiger partial charge is 0.311 e. The van der Waals surface area contributed by atoms with Crippen LogP contribution in [0, 0.1) is 0 Å². The Bertz CT molecular complexity index is 408. The molecular weight excluding hydrogens is 210 g/mol. The summed E-state index contributed by atoms with van der Waals surface area (Å²) < 4.78 is 1.83. The second-order valence-electron chi connectivity index (χ2n) is 3.28. The third-order valence-corrected chi connectivity index (χ3v) is 3.13. The summed E-state index contributed by atoms with van der Waals surface area (Å²) in [5.41, 5.74) is 0. The number of tetrazole rings is 1. The van der Waals surface area contributed by atoms with Crippen LogP contribution >= 0.6 is 11.3 Å². The van der Waals surface area contributed by atoms with E-state index in [1.54, 1.807) is 11.3 Å². The normalized spacial score (nSPS) is 12.9. The van der Waals surface area contributed by atoms with E-state index in [1.165, 1.54) is 4.88 Å².